The van der Waals surface area contributed by atoms with E-state index in [0.717, 1.165) is 49.3 Å². The van der Waals surface area contributed by atoms with Gasteiger partial charge in [0.2, 0.25) is 5.91 Å². The van der Waals surface area contributed by atoms with Crippen LogP contribution in [0.2, 0.25) is 10.2 Å². The minimum Gasteiger partial charge on any atom is -0.367 e. The first-order chi connectivity index (χ1) is 14.4. The summed E-state index contributed by atoms with van der Waals surface area (Å²) in [6, 6.07) is 9.66. The van der Waals surface area contributed by atoms with Gasteiger partial charge in [-0.05, 0) is 26.2 Å². The van der Waals surface area contributed by atoms with Crippen LogP contribution in [0, 0.1) is 0 Å². The number of carbonyl (C=O) groups is 1. The molecule has 3 rings (SSSR count). The van der Waals surface area contributed by atoms with Crippen molar-refractivity contribution >= 4 is 52.4 Å². The average molecular weight is 469 g/mol. The Morgan fingerprint density at radius 3 is 2.53 bits per heavy atom. The maximum atomic E-state index is 12.0. The largest absolute Gasteiger partial charge is 0.367 e. The van der Waals surface area contributed by atoms with Gasteiger partial charge in [-0.25, -0.2) is 9.97 Å². The SMILES string of the molecule is CN(C)CCNC(=O)CSc1nc(Cl)cc(N2CCN(c3ccccc3Cl)CC2)n1. The molecular formula is C20H26Cl2N6OS. The van der Waals surface area contributed by atoms with Gasteiger partial charge in [0, 0.05) is 45.3 Å². The molecule has 2 heterocycles. The Morgan fingerprint density at radius 2 is 1.83 bits per heavy atom. The highest BCUT2D eigenvalue weighted by Gasteiger charge is 2.21. The molecule has 10 heteroatoms. The fourth-order valence-corrected chi connectivity index (χ4v) is 4.26. The normalized spacial score (nSPS) is 14.3. The summed E-state index contributed by atoms with van der Waals surface area (Å²) in [5, 5.41) is 4.53. The Labute approximate surface area is 191 Å². The fourth-order valence-electron chi connectivity index (χ4n) is 3.10. The first kappa shape index (κ1) is 22.9. The van der Waals surface area contributed by atoms with Crippen molar-refractivity contribution in [2.45, 2.75) is 5.16 Å². The molecule has 0 bridgehead atoms. The number of likely N-dealkylation sites (N-methyl/N-ethyl adjacent to an activating group) is 1. The molecular weight excluding hydrogens is 443 g/mol. The monoisotopic (exact) mass is 468 g/mol. The van der Waals surface area contributed by atoms with Crippen LogP contribution >= 0.6 is 35.0 Å². The summed E-state index contributed by atoms with van der Waals surface area (Å²) in [4.78, 5) is 27.3. The van der Waals surface area contributed by atoms with E-state index in [1.807, 2.05) is 43.3 Å². The van der Waals surface area contributed by atoms with Crippen molar-refractivity contribution in [2.24, 2.45) is 0 Å². The topological polar surface area (TPSA) is 64.6 Å². The number of rotatable bonds is 8. The third-order valence-corrected chi connectivity index (χ3v) is 6.03. The predicted molar refractivity (Wildman–Crippen MR) is 125 cm³/mol. The lowest BCUT2D eigenvalue weighted by Crippen LogP contribution is -2.47. The minimum atomic E-state index is -0.0414. The number of nitrogens with one attached hydrogen (secondary N) is 1. The number of halogens is 2. The number of thioether (sulfide) groups is 1. The van der Waals surface area contributed by atoms with Gasteiger partial charge in [-0.2, -0.15) is 0 Å². The van der Waals surface area contributed by atoms with Crippen LogP contribution in [0.3, 0.4) is 0 Å². The first-order valence-corrected chi connectivity index (χ1v) is 11.5. The van der Waals surface area contributed by atoms with Crippen LogP contribution in [-0.4, -0.2) is 79.9 Å². The number of amides is 1. The zero-order valence-electron chi connectivity index (χ0n) is 17.1. The number of aromatic nitrogens is 2. The van der Waals surface area contributed by atoms with Crippen molar-refractivity contribution in [2.75, 3.05) is 68.9 Å². The molecule has 0 atom stereocenters. The number of carbonyl (C=O) groups excluding carboxylic acids is 1. The Kier molecular flexibility index (Phi) is 8.44. The van der Waals surface area contributed by atoms with E-state index in [0.29, 0.717) is 16.9 Å². The minimum absolute atomic E-state index is 0.0414. The van der Waals surface area contributed by atoms with Crippen molar-refractivity contribution in [1.82, 2.24) is 20.2 Å². The molecule has 1 N–H and O–H groups in total. The molecule has 1 aliphatic rings. The third-order valence-electron chi connectivity index (χ3n) is 4.67. The lowest BCUT2D eigenvalue weighted by Gasteiger charge is -2.37. The summed E-state index contributed by atoms with van der Waals surface area (Å²) in [5.41, 5.74) is 1.05. The molecule has 1 aromatic heterocycles. The van der Waals surface area contributed by atoms with Crippen LogP contribution in [0.4, 0.5) is 11.5 Å². The second kappa shape index (κ2) is 11.0. The maximum Gasteiger partial charge on any atom is 0.230 e. The Balaban J connectivity index is 1.55. The van der Waals surface area contributed by atoms with Crippen LogP contribution < -0.4 is 15.1 Å². The number of para-hydroxylation sites is 1. The van der Waals surface area contributed by atoms with Gasteiger partial charge < -0.3 is 20.0 Å². The molecule has 1 aliphatic heterocycles. The van der Waals surface area contributed by atoms with Crippen LogP contribution in [0.1, 0.15) is 0 Å². The second-order valence-electron chi connectivity index (χ2n) is 7.20. The fraction of sp³-hybridized carbons (Fsp3) is 0.450. The Morgan fingerprint density at radius 1 is 1.13 bits per heavy atom. The van der Waals surface area contributed by atoms with Crippen LogP contribution in [0.5, 0.6) is 0 Å². The molecule has 1 saturated heterocycles. The van der Waals surface area contributed by atoms with E-state index in [2.05, 4.69) is 25.1 Å². The molecule has 0 radical (unpaired) electrons. The molecule has 2 aromatic rings. The van der Waals surface area contributed by atoms with Crippen molar-refractivity contribution in [1.29, 1.82) is 0 Å². The van der Waals surface area contributed by atoms with Gasteiger partial charge in [-0.1, -0.05) is 47.1 Å². The van der Waals surface area contributed by atoms with Gasteiger partial charge in [0.1, 0.15) is 11.0 Å². The van der Waals surface area contributed by atoms with Crippen LogP contribution in [0.25, 0.3) is 0 Å². The van der Waals surface area contributed by atoms with E-state index in [1.165, 1.54) is 11.8 Å². The maximum absolute atomic E-state index is 12.0. The lowest BCUT2D eigenvalue weighted by atomic mass is 10.2. The molecule has 1 fully saturated rings. The highest BCUT2D eigenvalue weighted by atomic mass is 35.5. The highest BCUT2D eigenvalue weighted by molar-refractivity contribution is 7.99. The van der Waals surface area contributed by atoms with Gasteiger partial charge in [-0.15, -0.1) is 0 Å². The van der Waals surface area contributed by atoms with E-state index in [-0.39, 0.29) is 11.7 Å². The molecule has 1 aromatic carbocycles. The number of anilines is 2. The van der Waals surface area contributed by atoms with E-state index in [9.17, 15) is 4.79 Å². The van der Waals surface area contributed by atoms with Crippen LogP contribution in [-0.2, 0) is 4.79 Å². The molecule has 0 unspecified atom stereocenters. The third kappa shape index (κ3) is 6.63. The smallest absolute Gasteiger partial charge is 0.230 e. The first-order valence-electron chi connectivity index (χ1n) is 9.75. The van der Waals surface area contributed by atoms with Gasteiger partial charge in [0.15, 0.2) is 5.16 Å². The summed E-state index contributed by atoms with van der Waals surface area (Å²) in [5.74, 6) is 0.998. The summed E-state index contributed by atoms with van der Waals surface area (Å²) >= 11 is 13.8. The number of hydrogen-bond donors (Lipinski definition) is 1. The van der Waals surface area contributed by atoms with E-state index >= 15 is 0 Å². The summed E-state index contributed by atoms with van der Waals surface area (Å²) in [7, 11) is 3.94. The van der Waals surface area contributed by atoms with Crippen molar-refractivity contribution in [3.05, 3.63) is 40.5 Å². The molecule has 30 heavy (non-hydrogen) atoms. The van der Waals surface area contributed by atoms with Gasteiger partial charge in [0.25, 0.3) is 0 Å². The van der Waals surface area contributed by atoms with Crippen LogP contribution in [0.15, 0.2) is 35.5 Å². The lowest BCUT2D eigenvalue weighted by molar-refractivity contribution is -0.118. The van der Waals surface area contributed by atoms with E-state index in [1.54, 1.807) is 6.07 Å². The second-order valence-corrected chi connectivity index (χ2v) is 8.94. The molecule has 1 amide bonds. The molecule has 0 saturated carbocycles. The van der Waals surface area contributed by atoms with Gasteiger partial charge >= 0.3 is 0 Å². The number of hydrogen-bond acceptors (Lipinski definition) is 7. The van der Waals surface area contributed by atoms with E-state index in [4.69, 9.17) is 23.2 Å². The van der Waals surface area contributed by atoms with Crippen molar-refractivity contribution < 1.29 is 4.79 Å². The standard InChI is InChI=1S/C20H26Cl2N6OS/c1-26(2)8-7-23-19(29)14-30-20-24-17(22)13-18(25-20)28-11-9-27(10-12-28)16-6-4-3-5-15(16)21/h3-6,13H,7-12,14H2,1-2H3,(H,23,29). The molecule has 0 aliphatic carbocycles. The van der Waals surface area contributed by atoms with Gasteiger partial charge in [-0.3, -0.25) is 4.79 Å². The Hall–Kier alpha value is -1.74. The average Bonchev–Trinajstić information content (AvgIpc) is 2.72. The summed E-state index contributed by atoms with van der Waals surface area (Å²) in [6.07, 6.45) is 0. The number of piperazine rings is 1. The molecule has 7 nitrogen and oxygen atoms in total. The van der Waals surface area contributed by atoms with Crippen molar-refractivity contribution in [3.63, 3.8) is 0 Å². The summed E-state index contributed by atoms with van der Waals surface area (Å²) < 4.78 is 0. The highest BCUT2D eigenvalue weighted by Crippen LogP contribution is 2.28. The number of nitrogens with zero attached hydrogens (tertiary/aromatic N) is 5. The zero-order valence-corrected chi connectivity index (χ0v) is 19.5. The molecule has 0 spiro atoms. The van der Waals surface area contributed by atoms with E-state index < -0.39 is 0 Å². The van der Waals surface area contributed by atoms with Gasteiger partial charge in [0.05, 0.1) is 16.5 Å². The Bertz CT molecular complexity index is 861. The summed E-state index contributed by atoms with van der Waals surface area (Å²) in [6.45, 7) is 4.68. The quantitative estimate of drug-likeness (QED) is 0.362. The molecule has 162 valence electrons. The predicted octanol–water partition coefficient (Wildman–Crippen LogP) is 2.88. The zero-order chi connectivity index (χ0) is 21.5. The van der Waals surface area contributed by atoms with Crippen molar-refractivity contribution in [3.8, 4) is 0 Å². The number of benzene rings is 1.